The lowest BCUT2D eigenvalue weighted by Gasteiger charge is -2.26. The number of hydrogen-bond donors (Lipinski definition) is 6. The SMILES string of the molecule is NC(N)=NCCCNC(=O)C1CCCCC1.O=c1ncc2c([nH]1)Nc1cc(C3CCNCC3)ccc1O2. The molecule has 2 aromatic rings. The highest BCUT2D eigenvalue weighted by molar-refractivity contribution is 5.78. The van der Waals surface area contributed by atoms with Crippen molar-refractivity contribution in [1.29, 1.82) is 0 Å². The van der Waals surface area contributed by atoms with Gasteiger partial charge in [0.05, 0.1) is 11.9 Å². The third kappa shape index (κ3) is 7.69. The Morgan fingerprint density at radius 1 is 1.11 bits per heavy atom. The number of hydrogen-bond acceptors (Lipinski definition) is 7. The van der Waals surface area contributed by atoms with E-state index in [2.05, 4.69) is 43.0 Å². The van der Waals surface area contributed by atoms with Crippen molar-refractivity contribution < 1.29 is 9.53 Å². The molecule has 3 heterocycles. The number of amides is 1. The number of carbonyl (C=O) groups is 1. The highest BCUT2D eigenvalue weighted by Gasteiger charge is 2.22. The molecular weight excluding hydrogens is 472 g/mol. The van der Waals surface area contributed by atoms with E-state index < -0.39 is 0 Å². The van der Waals surface area contributed by atoms with Gasteiger partial charge in [0.1, 0.15) is 0 Å². The first-order valence-electron chi connectivity index (χ1n) is 13.2. The average molecular weight is 511 g/mol. The fourth-order valence-corrected chi connectivity index (χ4v) is 4.96. The maximum absolute atomic E-state index is 11.7. The monoisotopic (exact) mass is 510 g/mol. The fourth-order valence-electron chi connectivity index (χ4n) is 4.96. The van der Waals surface area contributed by atoms with Crippen LogP contribution in [0, 0.1) is 5.92 Å². The van der Waals surface area contributed by atoms with Crippen LogP contribution in [0.2, 0.25) is 0 Å². The molecule has 37 heavy (non-hydrogen) atoms. The van der Waals surface area contributed by atoms with E-state index in [0.717, 1.165) is 56.6 Å². The zero-order chi connectivity index (χ0) is 26.0. The van der Waals surface area contributed by atoms with Gasteiger partial charge in [0.25, 0.3) is 0 Å². The van der Waals surface area contributed by atoms with Crippen molar-refractivity contribution in [1.82, 2.24) is 20.6 Å². The summed E-state index contributed by atoms with van der Waals surface area (Å²) in [6.07, 6.45) is 10.3. The predicted molar refractivity (Wildman–Crippen MR) is 144 cm³/mol. The largest absolute Gasteiger partial charge is 0.450 e. The zero-order valence-corrected chi connectivity index (χ0v) is 21.2. The molecule has 1 aromatic carbocycles. The number of nitrogens with one attached hydrogen (secondary N) is 4. The van der Waals surface area contributed by atoms with E-state index in [4.69, 9.17) is 16.2 Å². The second-order valence-electron chi connectivity index (χ2n) is 9.72. The van der Waals surface area contributed by atoms with Crippen molar-refractivity contribution in [3.63, 3.8) is 0 Å². The average Bonchev–Trinajstić information content (AvgIpc) is 2.92. The van der Waals surface area contributed by atoms with Crippen molar-refractivity contribution in [3.8, 4) is 11.5 Å². The van der Waals surface area contributed by atoms with E-state index in [1.165, 1.54) is 31.0 Å². The summed E-state index contributed by atoms with van der Waals surface area (Å²) in [4.78, 5) is 33.2. The molecule has 0 unspecified atom stereocenters. The minimum absolute atomic E-state index is 0.110. The highest BCUT2D eigenvalue weighted by atomic mass is 16.5. The molecule has 1 saturated heterocycles. The molecule has 2 fully saturated rings. The summed E-state index contributed by atoms with van der Waals surface area (Å²) in [5.41, 5.74) is 12.2. The Bertz CT molecular complexity index is 1130. The molecule has 1 saturated carbocycles. The zero-order valence-electron chi connectivity index (χ0n) is 21.2. The summed E-state index contributed by atoms with van der Waals surface area (Å²) >= 11 is 0. The van der Waals surface area contributed by atoms with Gasteiger partial charge in [-0.3, -0.25) is 14.8 Å². The van der Waals surface area contributed by atoms with E-state index in [1.54, 1.807) is 0 Å². The van der Waals surface area contributed by atoms with Crippen LogP contribution < -0.4 is 37.8 Å². The van der Waals surface area contributed by atoms with Crippen molar-refractivity contribution in [2.45, 2.75) is 57.3 Å². The molecule has 200 valence electrons. The van der Waals surface area contributed by atoms with Gasteiger partial charge in [-0.25, -0.2) is 4.79 Å². The number of nitrogens with zero attached hydrogens (tertiary/aromatic N) is 2. The van der Waals surface area contributed by atoms with E-state index >= 15 is 0 Å². The van der Waals surface area contributed by atoms with Gasteiger partial charge in [-0.2, -0.15) is 4.98 Å². The van der Waals surface area contributed by atoms with Crippen molar-refractivity contribution in [3.05, 3.63) is 40.4 Å². The predicted octanol–water partition coefficient (Wildman–Crippen LogP) is 2.43. The van der Waals surface area contributed by atoms with Gasteiger partial charge in [0.15, 0.2) is 23.3 Å². The maximum atomic E-state index is 11.7. The number of fused-ring (bicyclic) bond motifs is 2. The second-order valence-corrected chi connectivity index (χ2v) is 9.72. The molecular formula is C26H38N8O3. The Balaban J connectivity index is 0.000000181. The minimum atomic E-state index is -0.386. The lowest BCUT2D eigenvalue weighted by Crippen LogP contribution is -2.33. The lowest BCUT2D eigenvalue weighted by atomic mass is 9.89. The first kappa shape index (κ1) is 26.5. The molecule has 0 spiro atoms. The number of nitrogens with two attached hydrogens (primary N) is 2. The first-order chi connectivity index (χ1) is 18.0. The number of anilines is 2. The second kappa shape index (κ2) is 13.1. The van der Waals surface area contributed by atoms with Crippen LogP contribution >= 0.6 is 0 Å². The number of guanidine groups is 1. The van der Waals surface area contributed by atoms with Crippen LogP contribution in [0.15, 0.2) is 34.2 Å². The van der Waals surface area contributed by atoms with Crippen LogP contribution in [0.1, 0.15) is 62.8 Å². The molecule has 2 aliphatic heterocycles. The van der Waals surface area contributed by atoms with Gasteiger partial charge in [0.2, 0.25) is 5.91 Å². The molecule has 11 heteroatoms. The Morgan fingerprint density at radius 2 is 1.89 bits per heavy atom. The van der Waals surface area contributed by atoms with Crippen LogP contribution in [0.4, 0.5) is 11.5 Å². The third-order valence-electron chi connectivity index (χ3n) is 6.98. The van der Waals surface area contributed by atoms with Gasteiger partial charge in [-0.1, -0.05) is 25.3 Å². The Kier molecular flexibility index (Phi) is 9.36. The van der Waals surface area contributed by atoms with Gasteiger partial charge < -0.3 is 32.2 Å². The van der Waals surface area contributed by atoms with Crippen LogP contribution in [0.5, 0.6) is 11.5 Å². The fraction of sp³-hybridized carbons (Fsp3) is 0.538. The number of aliphatic imine (C=N–C) groups is 1. The molecule has 1 aromatic heterocycles. The first-order valence-corrected chi connectivity index (χ1v) is 13.2. The van der Waals surface area contributed by atoms with Gasteiger partial charge in [-0.15, -0.1) is 0 Å². The van der Waals surface area contributed by atoms with Crippen LogP contribution in [0.3, 0.4) is 0 Å². The quantitative estimate of drug-likeness (QED) is 0.167. The Hall–Kier alpha value is -3.60. The molecule has 8 N–H and O–H groups in total. The Morgan fingerprint density at radius 3 is 2.65 bits per heavy atom. The van der Waals surface area contributed by atoms with E-state index in [-0.39, 0.29) is 23.5 Å². The van der Waals surface area contributed by atoms with Crippen LogP contribution in [-0.4, -0.2) is 48.0 Å². The molecule has 0 radical (unpaired) electrons. The number of H-pyrrole nitrogens is 1. The standard InChI is InChI=1S/C15H16N4O2.C11H22N4O/c20-15-17-8-13-14(19-15)18-11-7-10(1-2-12(11)21-13)9-3-5-16-6-4-9;12-11(13)15-8-4-7-14-10(16)9-5-2-1-3-6-9/h1-2,7-9,16H,3-6H2,(H2,17,18,19,20);9H,1-8H2,(H,14,16)(H4,12,13,15). The molecule has 1 amide bonds. The molecule has 0 atom stereocenters. The Labute approximate surface area is 216 Å². The minimum Gasteiger partial charge on any atom is -0.450 e. The number of piperidine rings is 1. The van der Waals surface area contributed by atoms with Crippen LogP contribution in [-0.2, 0) is 4.79 Å². The van der Waals surface area contributed by atoms with Crippen molar-refractivity contribution in [2.24, 2.45) is 22.4 Å². The van der Waals surface area contributed by atoms with Crippen LogP contribution in [0.25, 0.3) is 0 Å². The lowest BCUT2D eigenvalue weighted by molar-refractivity contribution is -0.125. The maximum Gasteiger partial charge on any atom is 0.346 e. The van der Waals surface area contributed by atoms with Gasteiger partial charge in [0, 0.05) is 19.0 Å². The number of rotatable bonds is 6. The molecule has 0 bridgehead atoms. The number of benzene rings is 1. The summed E-state index contributed by atoms with van der Waals surface area (Å²) in [6, 6.07) is 6.22. The number of ether oxygens (including phenoxy) is 1. The van der Waals surface area contributed by atoms with E-state index in [0.29, 0.717) is 30.6 Å². The molecule has 1 aliphatic carbocycles. The van der Waals surface area contributed by atoms with E-state index in [1.807, 2.05) is 6.07 Å². The summed E-state index contributed by atoms with van der Waals surface area (Å²) in [5.74, 6) is 2.98. The smallest absolute Gasteiger partial charge is 0.346 e. The highest BCUT2D eigenvalue weighted by Crippen LogP contribution is 2.41. The number of carbonyl (C=O) groups excluding carboxylic acids is 1. The number of aromatic amines is 1. The van der Waals surface area contributed by atoms with E-state index in [9.17, 15) is 9.59 Å². The molecule has 11 nitrogen and oxygen atoms in total. The summed E-state index contributed by atoms with van der Waals surface area (Å²) in [5, 5.41) is 9.54. The number of aromatic nitrogens is 2. The van der Waals surface area contributed by atoms with Gasteiger partial charge >= 0.3 is 5.69 Å². The topological polar surface area (TPSA) is 173 Å². The van der Waals surface area contributed by atoms with Crippen molar-refractivity contribution >= 4 is 23.4 Å². The summed E-state index contributed by atoms with van der Waals surface area (Å²) < 4.78 is 5.77. The summed E-state index contributed by atoms with van der Waals surface area (Å²) in [7, 11) is 0. The normalized spacial score (nSPS) is 17.1. The summed E-state index contributed by atoms with van der Waals surface area (Å²) in [6.45, 7) is 3.36. The third-order valence-corrected chi connectivity index (χ3v) is 6.98. The molecule has 3 aliphatic rings. The van der Waals surface area contributed by atoms with Gasteiger partial charge in [-0.05, 0) is 68.8 Å². The molecule has 5 rings (SSSR count). The van der Waals surface area contributed by atoms with Crippen molar-refractivity contribution in [2.75, 3.05) is 31.5 Å².